The normalized spacial score (nSPS) is 19.3. The van der Waals surface area contributed by atoms with Crippen LogP contribution in [0, 0.1) is 23.0 Å². The number of Topliss-reactive ketones (excluding diaryl/α,β-unsaturated/α-hetero) is 1. The lowest BCUT2D eigenvalue weighted by Gasteiger charge is -2.62. The molecule has 1 heterocycles. The molecule has 2 bridgehead atoms. The quantitative estimate of drug-likeness (QED) is 0.282. The summed E-state index contributed by atoms with van der Waals surface area (Å²) in [6.45, 7) is 0. The van der Waals surface area contributed by atoms with E-state index in [1.54, 1.807) is 18.2 Å². The number of amides is 2. The first kappa shape index (κ1) is 25.0. The molecule has 0 atom stereocenters. The van der Waals surface area contributed by atoms with Crippen LogP contribution in [0.2, 0.25) is 0 Å². The molecule has 0 spiro atoms. The minimum absolute atomic E-state index is 0.00747. The molecular weight excluding hydrogens is 502 g/mol. The van der Waals surface area contributed by atoms with Crippen LogP contribution in [0.5, 0.6) is 0 Å². The van der Waals surface area contributed by atoms with Crippen molar-refractivity contribution in [1.82, 2.24) is 5.32 Å². The Morgan fingerprint density at radius 2 is 1.69 bits per heavy atom. The fourth-order valence-electron chi connectivity index (χ4n) is 6.16. The van der Waals surface area contributed by atoms with Gasteiger partial charge >= 0.3 is 0 Å². The molecule has 198 valence electrons. The summed E-state index contributed by atoms with van der Waals surface area (Å²) in [5, 5.41) is 3.06. The van der Waals surface area contributed by atoms with E-state index in [0.717, 1.165) is 19.3 Å². The number of carbonyl (C=O) groups is 3. The highest BCUT2D eigenvalue weighted by Gasteiger charge is 2.57. The lowest BCUT2D eigenvalue weighted by molar-refractivity contribution is -0.117. The third kappa shape index (κ3) is 4.30. The van der Waals surface area contributed by atoms with Crippen molar-refractivity contribution < 1.29 is 27.6 Å². The molecular formula is C31H26F2N2O4. The number of furan rings is 1. The number of nitrogens with one attached hydrogen (secondary N) is 1. The number of ketones is 1. The maximum Gasteiger partial charge on any atom is 0.255 e. The summed E-state index contributed by atoms with van der Waals surface area (Å²) in [6.07, 6.45) is 3.26. The Bertz CT molecular complexity index is 1660. The number of halogens is 2. The molecule has 0 unspecified atom stereocenters. The van der Waals surface area contributed by atoms with Crippen LogP contribution in [0.25, 0.3) is 33.4 Å². The van der Waals surface area contributed by atoms with Crippen LogP contribution in [0.4, 0.5) is 8.78 Å². The van der Waals surface area contributed by atoms with E-state index < -0.39 is 23.4 Å². The first-order valence-electron chi connectivity index (χ1n) is 12.9. The second-order valence-corrected chi connectivity index (χ2v) is 10.8. The van der Waals surface area contributed by atoms with Crippen molar-refractivity contribution in [1.29, 1.82) is 0 Å². The fraction of sp³-hybridized carbons (Fsp3) is 0.258. The van der Waals surface area contributed by atoms with Crippen LogP contribution in [0.1, 0.15) is 52.0 Å². The summed E-state index contributed by atoms with van der Waals surface area (Å²) in [5.74, 6) is -1.33. The van der Waals surface area contributed by atoms with Gasteiger partial charge in [0.15, 0.2) is 5.78 Å². The van der Waals surface area contributed by atoms with Crippen molar-refractivity contribution in [2.75, 3.05) is 7.05 Å². The van der Waals surface area contributed by atoms with Gasteiger partial charge in [-0.3, -0.25) is 14.4 Å². The number of hydrogen-bond donors (Lipinski definition) is 2. The Morgan fingerprint density at radius 3 is 2.31 bits per heavy atom. The number of fused-ring (bicyclic) bond motifs is 1. The SMILES string of the molecule is CNC(=O)c1c(-c2ccc(F)cc2)oc2cc(CC(N)=O)c(-c3ccc(F)c(C(=O)CC45CC(C4)C5)c3)cc12. The van der Waals surface area contributed by atoms with Gasteiger partial charge in [0.05, 0.1) is 17.5 Å². The Kier molecular flexibility index (Phi) is 5.86. The van der Waals surface area contributed by atoms with Crippen molar-refractivity contribution >= 4 is 28.6 Å². The fourth-order valence-corrected chi connectivity index (χ4v) is 6.16. The first-order chi connectivity index (χ1) is 18.7. The molecule has 0 saturated heterocycles. The first-order valence-corrected chi connectivity index (χ1v) is 12.9. The van der Waals surface area contributed by atoms with Gasteiger partial charge in [-0.05, 0) is 95.8 Å². The van der Waals surface area contributed by atoms with Gasteiger partial charge in [-0.2, -0.15) is 0 Å². The van der Waals surface area contributed by atoms with E-state index in [9.17, 15) is 23.2 Å². The molecule has 1 aromatic heterocycles. The van der Waals surface area contributed by atoms with Crippen LogP contribution in [-0.4, -0.2) is 24.6 Å². The largest absolute Gasteiger partial charge is 0.455 e. The zero-order valence-electron chi connectivity index (χ0n) is 21.3. The molecule has 7 rings (SSSR count). The van der Waals surface area contributed by atoms with Crippen molar-refractivity contribution in [2.45, 2.75) is 32.1 Å². The second kappa shape index (κ2) is 9.15. The third-order valence-corrected chi connectivity index (χ3v) is 8.12. The summed E-state index contributed by atoms with van der Waals surface area (Å²) in [5.41, 5.74) is 8.17. The molecule has 4 aromatic rings. The average molecular weight is 529 g/mol. The molecule has 6 nitrogen and oxygen atoms in total. The van der Waals surface area contributed by atoms with Crippen LogP contribution in [0.3, 0.4) is 0 Å². The predicted molar refractivity (Wildman–Crippen MR) is 142 cm³/mol. The Hall–Kier alpha value is -4.33. The van der Waals surface area contributed by atoms with E-state index in [0.29, 0.717) is 45.6 Å². The van der Waals surface area contributed by atoms with Gasteiger partial charge in [-0.15, -0.1) is 0 Å². The lowest BCUT2D eigenvalue weighted by atomic mass is 9.43. The molecule has 8 heteroatoms. The Morgan fingerprint density at radius 1 is 1.00 bits per heavy atom. The van der Waals surface area contributed by atoms with Crippen LogP contribution < -0.4 is 11.1 Å². The molecule has 3 aliphatic rings. The molecule has 3 N–H and O–H groups in total. The van der Waals surface area contributed by atoms with E-state index in [2.05, 4.69) is 5.32 Å². The molecule has 0 aliphatic heterocycles. The number of benzene rings is 3. The topological polar surface area (TPSA) is 102 Å². The summed E-state index contributed by atoms with van der Waals surface area (Å²) >= 11 is 0. The Labute approximate surface area is 223 Å². The maximum absolute atomic E-state index is 14.9. The standard InChI is InChI=1S/C31H26F2N2O4/c1-35-30(38)28-23-11-21(18-4-7-24(33)22(8-18)25(36)15-31-12-16(13-31)14-31)19(10-27(34)37)9-26(23)39-29(28)17-2-5-20(32)6-3-17/h2-9,11,16H,10,12-15H2,1H3,(H2,34,37)(H,35,38). The summed E-state index contributed by atoms with van der Waals surface area (Å²) in [4.78, 5) is 38.1. The van der Waals surface area contributed by atoms with Gasteiger partial charge in [0.2, 0.25) is 5.91 Å². The van der Waals surface area contributed by atoms with E-state index in [1.807, 2.05) is 0 Å². The van der Waals surface area contributed by atoms with E-state index in [4.69, 9.17) is 10.2 Å². The van der Waals surface area contributed by atoms with E-state index in [-0.39, 0.29) is 34.5 Å². The van der Waals surface area contributed by atoms with Crippen LogP contribution in [0.15, 0.2) is 59.0 Å². The molecule has 39 heavy (non-hydrogen) atoms. The van der Waals surface area contributed by atoms with Gasteiger partial charge in [0.25, 0.3) is 5.91 Å². The highest BCUT2D eigenvalue weighted by molar-refractivity contribution is 6.12. The summed E-state index contributed by atoms with van der Waals surface area (Å²) in [6, 6.07) is 13.2. The highest BCUT2D eigenvalue weighted by Crippen LogP contribution is 2.66. The van der Waals surface area contributed by atoms with Crippen molar-refractivity contribution in [3.8, 4) is 22.5 Å². The number of hydrogen-bond acceptors (Lipinski definition) is 4. The second-order valence-electron chi connectivity index (χ2n) is 10.8. The predicted octanol–water partition coefficient (Wildman–Crippen LogP) is 5.81. The minimum Gasteiger partial charge on any atom is -0.455 e. The lowest BCUT2D eigenvalue weighted by Crippen LogP contribution is -2.52. The molecule has 3 saturated carbocycles. The summed E-state index contributed by atoms with van der Waals surface area (Å²) < 4.78 is 34.5. The van der Waals surface area contributed by atoms with Crippen molar-refractivity contribution in [3.05, 3.63) is 82.9 Å². The number of primary amides is 1. The average Bonchev–Trinajstić information content (AvgIpc) is 3.23. The number of rotatable bonds is 8. The van der Waals surface area contributed by atoms with Crippen molar-refractivity contribution in [2.24, 2.45) is 17.1 Å². The van der Waals surface area contributed by atoms with E-state index >= 15 is 0 Å². The molecule has 0 radical (unpaired) electrons. The van der Waals surface area contributed by atoms with Gasteiger partial charge in [0.1, 0.15) is 23.0 Å². The van der Waals surface area contributed by atoms with Crippen molar-refractivity contribution in [3.63, 3.8) is 0 Å². The molecule has 3 aromatic carbocycles. The number of nitrogens with two attached hydrogens (primary N) is 1. The van der Waals surface area contributed by atoms with Crippen LogP contribution >= 0.6 is 0 Å². The zero-order chi connectivity index (χ0) is 27.5. The third-order valence-electron chi connectivity index (χ3n) is 8.12. The molecule has 2 amide bonds. The highest BCUT2D eigenvalue weighted by atomic mass is 19.1. The van der Waals surface area contributed by atoms with Gasteiger partial charge in [-0.25, -0.2) is 8.78 Å². The zero-order valence-corrected chi connectivity index (χ0v) is 21.3. The molecule has 3 fully saturated rings. The van der Waals surface area contributed by atoms with Gasteiger partial charge in [-0.1, -0.05) is 6.07 Å². The monoisotopic (exact) mass is 528 g/mol. The smallest absolute Gasteiger partial charge is 0.255 e. The summed E-state index contributed by atoms with van der Waals surface area (Å²) in [7, 11) is 1.49. The molecule has 3 aliphatic carbocycles. The van der Waals surface area contributed by atoms with Crippen LogP contribution in [-0.2, 0) is 11.2 Å². The van der Waals surface area contributed by atoms with E-state index in [1.165, 1.54) is 43.4 Å². The Balaban J connectivity index is 1.50. The van der Waals surface area contributed by atoms with Gasteiger partial charge < -0.3 is 15.5 Å². The van der Waals surface area contributed by atoms with Gasteiger partial charge in [0, 0.05) is 24.4 Å². The maximum atomic E-state index is 14.9. The number of carbonyl (C=O) groups excluding carboxylic acids is 3. The minimum atomic E-state index is -0.596.